The number of hydrogen-bond acceptors (Lipinski definition) is 2. The van der Waals surface area contributed by atoms with Gasteiger partial charge in [0.05, 0.1) is 6.54 Å². The molecule has 1 aromatic carbocycles. The molecule has 4 nitrogen and oxygen atoms in total. The molecule has 2 amide bonds. The largest absolute Gasteiger partial charge is 0.492 e. The lowest BCUT2D eigenvalue weighted by Gasteiger charge is -2.20. The molecule has 1 aromatic rings. The van der Waals surface area contributed by atoms with Crippen molar-refractivity contribution in [1.29, 1.82) is 0 Å². The molecule has 106 valence electrons. The average Bonchev–Trinajstić information content (AvgIpc) is 2.20. The molecule has 0 aliphatic carbocycles. The van der Waals surface area contributed by atoms with Crippen molar-refractivity contribution in [2.24, 2.45) is 0 Å². The van der Waals surface area contributed by atoms with E-state index in [2.05, 4.69) is 16.7 Å². The van der Waals surface area contributed by atoms with Crippen LogP contribution in [0.15, 0.2) is 18.2 Å². The van der Waals surface area contributed by atoms with Gasteiger partial charge in [-0.3, -0.25) is 0 Å². The number of urea groups is 1. The van der Waals surface area contributed by atoms with Gasteiger partial charge in [0.15, 0.2) is 0 Å². The number of benzene rings is 1. The number of aryl methyl sites for hydroxylation is 2. The van der Waals surface area contributed by atoms with Gasteiger partial charge in [-0.1, -0.05) is 6.07 Å². The summed E-state index contributed by atoms with van der Waals surface area (Å²) in [5.74, 6) is 0.843. The van der Waals surface area contributed by atoms with Crippen LogP contribution in [0.25, 0.3) is 0 Å². The minimum absolute atomic E-state index is 0.170. The molecule has 0 bridgehead atoms. The molecule has 0 aliphatic heterocycles. The van der Waals surface area contributed by atoms with Crippen molar-refractivity contribution in [1.82, 2.24) is 10.6 Å². The van der Waals surface area contributed by atoms with Crippen LogP contribution >= 0.6 is 0 Å². The van der Waals surface area contributed by atoms with E-state index in [1.165, 1.54) is 11.1 Å². The number of ether oxygens (including phenoxy) is 1. The maximum atomic E-state index is 11.5. The standard InChI is InChI=1S/C15H24N2O2/c1-11-8-12(2)10-13(9-11)19-7-6-16-14(18)17-15(3,4)5/h8-10H,6-7H2,1-5H3,(H2,16,17,18). The molecule has 0 radical (unpaired) electrons. The molecule has 1 rings (SSSR count). The van der Waals surface area contributed by atoms with Crippen molar-refractivity contribution in [3.63, 3.8) is 0 Å². The van der Waals surface area contributed by atoms with Gasteiger partial charge in [-0.2, -0.15) is 0 Å². The monoisotopic (exact) mass is 264 g/mol. The van der Waals surface area contributed by atoms with Crippen LogP contribution in [0.5, 0.6) is 5.75 Å². The van der Waals surface area contributed by atoms with Gasteiger partial charge in [0.25, 0.3) is 0 Å². The highest BCUT2D eigenvalue weighted by molar-refractivity contribution is 5.74. The van der Waals surface area contributed by atoms with E-state index in [1.54, 1.807) is 0 Å². The second kappa shape index (κ2) is 6.45. The summed E-state index contributed by atoms with van der Waals surface area (Å²) >= 11 is 0. The van der Waals surface area contributed by atoms with Gasteiger partial charge in [-0.05, 0) is 57.9 Å². The first-order valence-corrected chi connectivity index (χ1v) is 6.53. The number of amides is 2. The Morgan fingerprint density at radius 1 is 1.16 bits per heavy atom. The Hall–Kier alpha value is -1.71. The molecule has 0 aliphatic rings. The zero-order valence-electron chi connectivity index (χ0n) is 12.5. The number of carbonyl (C=O) groups excluding carboxylic acids is 1. The lowest BCUT2D eigenvalue weighted by atomic mass is 10.1. The molecule has 2 N–H and O–H groups in total. The van der Waals surface area contributed by atoms with Crippen LogP contribution in [0, 0.1) is 13.8 Å². The van der Waals surface area contributed by atoms with Crippen LogP contribution in [-0.4, -0.2) is 24.7 Å². The zero-order valence-corrected chi connectivity index (χ0v) is 12.5. The van der Waals surface area contributed by atoms with Crippen molar-refractivity contribution < 1.29 is 9.53 Å². The predicted molar refractivity (Wildman–Crippen MR) is 77.7 cm³/mol. The Morgan fingerprint density at radius 2 is 1.74 bits per heavy atom. The highest BCUT2D eigenvalue weighted by atomic mass is 16.5. The molecule has 0 aromatic heterocycles. The van der Waals surface area contributed by atoms with E-state index in [1.807, 2.05) is 46.8 Å². The molecule has 0 saturated heterocycles. The second-order valence-corrected chi connectivity index (χ2v) is 5.80. The summed E-state index contributed by atoms with van der Waals surface area (Å²) in [6.45, 7) is 10.8. The third-order valence-corrected chi connectivity index (χ3v) is 2.34. The van der Waals surface area contributed by atoms with Gasteiger partial charge in [0.1, 0.15) is 12.4 Å². The van der Waals surface area contributed by atoms with Crippen LogP contribution in [-0.2, 0) is 0 Å². The van der Waals surface area contributed by atoms with E-state index >= 15 is 0 Å². The van der Waals surface area contributed by atoms with Crippen LogP contribution < -0.4 is 15.4 Å². The first-order valence-electron chi connectivity index (χ1n) is 6.53. The molecule has 4 heteroatoms. The third-order valence-electron chi connectivity index (χ3n) is 2.34. The Balaban J connectivity index is 2.29. The number of nitrogens with one attached hydrogen (secondary N) is 2. The fourth-order valence-electron chi connectivity index (χ4n) is 1.73. The summed E-state index contributed by atoms with van der Waals surface area (Å²) in [6.07, 6.45) is 0. The van der Waals surface area contributed by atoms with Crippen molar-refractivity contribution in [3.05, 3.63) is 29.3 Å². The molecular formula is C15H24N2O2. The minimum Gasteiger partial charge on any atom is -0.492 e. The quantitative estimate of drug-likeness (QED) is 0.822. The molecule has 0 unspecified atom stereocenters. The van der Waals surface area contributed by atoms with Gasteiger partial charge in [0, 0.05) is 5.54 Å². The van der Waals surface area contributed by atoms with E-state index in [9.17, 15) is 4.79 Å². The second-order valence-electron chi connectivity index (χ2n) is 5.80. The van der Waals surface area contributed by atoms with E-state index in [-0.39, 0.29) is 11.6 Å². The highest BCUT2D eigenvalue weighted by Gasteiger charge is 2.12. The molecule has 0 spiro atoms. The maximum absolute atomic E-state index is 11.5. The number of carbonyl (C=O) groups is 1. The summed E-state index contributed by atoms with van der Waals surface area (Å²) in [7, 11) is 0. The smallest absolute Gasteiger partial charge is 0.315 e. The van der Waals surface area contributed by atoms with E-state index < -0.39 is 0 Å². The van der Waals surface area contributed by atoms with Gasteiger partial charge in [0.2, 0.25) is 0 Å². The minimum atomic E-state index is -0.224. The lowest BCUT2D eigenvalue weighted by molar-refractivity contribution is 0.228. The first-order chi connectivity index (χ1) is 8.76. The number of rotatable bonds is 4. The highest BCUT2D eigenvalue weighted by Crippen LogP contribution is 2.15. The first kappa shape index (κ1) is 15.3. The predicted octanol–water partition coefficient (Wildman–Crippen LogP) is 2.78. The molecule has 19 heavy (non-hydrogen) atoms. The Morgan fingerprint density at radius 3 is 2.26 bits per heavy atom. The van der Waals surface area contributed by atoms with E-state index in [4.69, 9.17) is 4.74 Å². The van der Waals surface area contributed by atoms with Crippen molar-refractivity contribution in [2.75, 3.05) is 13.2 Å². The summed E-state index contributed by atoms with van der Waals surface area (Å²) in [4.78, 5) is 11.5. The molecule has 0 saturated carbocycles. The van der Waals surface area contributed by atoms with Gasteiger partial charge in [-0.15, -0.1) is 0 Å². The summed E-state index contributed by atoms with van der Waals surface area (Å²) < 4.78 is 5.61. The lowest BCUT2D eigenvalue weighted by Crippen LogP contribution is -2.47. The fraction of sp³-hybridized carbons (Fsp3) is 0.533. The molecule has 0 heterocycles. The Kier molecular flexibility index (Phi) is 5.21. The topological polar surface area (TPSA) is 50.4 Å². The van der Waals surface area contributed by atoms with E-state index in [0.29, 0.717) is 13.2 Å². The SMILES string of the molecule is Cc1cc(C)cc(OCCNC(=O)NC(C)(C)C)c1. The van der Waals surface area contributed by atoms with Crippen molar-refractivity contribution >= 4 is 6.03 Å². The normalized spacial score (nSPS) is 11.0. The third kappa shape index (κ3) is 6.70. The van der Waals surface area contributed by atoms with Crippen LogP contribution in [0.3, 0.4) is 0 Å². The van der Waals surface area contributed by atoms with Crippen LogP contribution in [0.1, 0.15) is 31.9 Å². The molecular weight excluding hydrogens is 240 g/mol. The van der Waals surface area contributed by atoms with Crippen molar-refractivity contribution in [2.45, 2.75) is 40.2 Å². The van der Waals surface area contributed by atoms with Crippen molar-refractivity contribution in [3.8, 4) is 5.75 Å². The van der Waals surface area contributed by atoms with Gasteiger partial charge >= 0.3 is 6.03 Å². The summed E-state index contributed by atoms with van der Waals surface area (Å²) in [5.41, 5.74) is 2.13. The summed E-state index contributed by atoms with van der Waals surface area (Å²) in [5, 5.41) is 5.59. The average molecular weight is 264 g/mol. The molecule has 0 atom stereocenters. The fourth-order valence-corrected chi connectivity index (χ4v) is 1.73. The van der Waals surface area contributed by atoms with E-state index in [0.717, 1.165) is 5.75 Å². The van der Waals surface area contributed by atoms with Crippen LogP contribution in [0.4, 0.5) is 4.79 Å². The summed E-state index contributed by atoms with van der Waals surface area (Å²) in [6, 6.07) is 5.91. The maximum Gasteiger partial charge on any atom is 0.315 e. The van der Waals surface area contributed by atoms with Gasteiger partial charge in [-0.25, -0.2) is 4.79 Å². The Labute approximate surface area is 115 Å². The van der Waals surface area contributed by atoms with Crippen LogP contribution in [0.2, 0.25) is 0 Å². The van der Waals surface area contributed by atoms with Gasteiger partial charge < -0.3 is 15.4 Å². The number of hydrogen-bond donors (Lipinski definition) is 2. The Bertz CT molecular complexity index is 416. The molecule has 0 fully saturated rings. The zero-order chi connectivity index (χ0) is 14.5.